The van der Waals surface area contributed by atoms with Crippen molar-refractivity contribution in [1.29, 1.82) is 0 Å². The first-order valence-corrected chi connectivity index (χ1v) is 11.0. The van der Waals surface area contributed by atoms with E-state index in [2.05, 4.69) is 34.9 Å². The van der Waals surface area contributed by atoms with Gasteiger partial charge in [-0.15, -0.1) is 0 Å². The lowest BCUT2D eigenvalue weighted by atomic mass is 9.98. The van der Waals surface area contributed by atoms with Gasteiger partial charge in [0.2, 0.25) is 5.91 Å². The van der Waals surface area contributed by atoms with E-state index < -0.39 is 18.1 Å². The lowest BCUT2D eigenvalue weighted by Gasteiger charge is -2.20. The Balaban J connectivity index is 1.57. The third-order valence-electron chi connectivity index (χ3n) is 5.62. The van der Waals surface area contributed by atoms with Crippen molar-refractivity contribution in [3.8, 4) is 11.1 Å². The summed E-state index contributed by atoms with van der Waals surface area (Å²) in [5.74, 6) is -1.30. The highest BCUT2D eigenvalue weighted by molar-refractivity contribution is 5.80. The third kappa shape index (κ3) is 5.87. The summed E-state index contributed by atoms with van der Waals surface area (Å²) in [5, 5.41) is 14.3. The molecule has 7 heteroatoms. The molecule has 1 aliphatic rings. The summed E-state index contributed by atoms with van der Waals surface area (Å²) in [4.78, 5) is 35.5. The summed E-state index contributed by atoms with van der Waals surface area (Å²) in [6, 6.07) is 15.4. The number of nitrogens with one attached hydrogen (secondary N) is 2. The quantitative estimate of drug-likeness (QED) is 0.519. The lowest BCUT2D eigenvalue weighted by molar-refractivity contribution is -0.137. The molecule has 7 nitrogen and oxygen atoms in total. The van der Waals surface area contributed by atoms with Crippen molar-refractivity contribution in [2.75, 3.05) is 6.61 Å². The van der Waals surface area contributed by atoms with Crippen molar-refractivity contribution in [3.63, 3.8) is 0 Å². The highest BCUT2D eigenvalue weighted by atomic mass is 16.5. The molecule has 2 aromatic rings. The van der Waals surface area contributed by atoms with Gasteiger partial charge in [-0.3, -0.25) is 9.59 Å². The van der Waals surface area contributed by atoms with Crippen LogP contribution in [0.1, 0.15) is 56.6 Å². The van der Waals surface area contributed by atoms with Crippen LogP contribution in [0.2, 0.25) is 0 Å². The molecular formula is C25H30N2O5. The number of carbonyl (C=O) groups excluding carboxylic acids is 2. The number of aliphatic carboxylic acids is 1. The minimum Gasteiger partial charge on any atom is -0.481 e. The lowest BCUT2D eigenvalue weighted by Crippen LogP contribution is -2.42. The van der Waals surface area contributed by atoms with E-state index in [4.69, 9.17) is 9.84 Å². The largest absolute Gasteiger partial charge is 0.481 e. The molecule has 0 aliphatic heterocycles. The van der Waals surface area contributed by atoms with E-state index in [0.717, 1.165) is 28.7 Å². The molecule has 0 unspecified atom stereocenters. The molecule has 0 fully saturated rings. The van der Waals surface area contributed by atoms with Gasteiger partial charge in [-0.1, -0.05) is 61.9 Å². The number of carboxylic acids is 1. The maximum Gasteiger partial charge on any atom is 0.407 e. The fraction of sp³-hybridized carbons (Fsp3) is 0.400. The van der Waals surface area contributed by atoms with Crippen molar-refractivity contribution < 1.29 is 24.2 Å². The van der Waals surface area contributed by atoms with Gasteiger partial charge in [0.1, 0.15) is 6.61 Å². The van der Waals surface area contributed by atoms with Crippen molar-refractivity contribution in [2.24, 2.45) is 0 Å². The summed E-state index contributed by atoms with van der Waals surface area (Å²) in [7, 11) is 0. The zero-order valence-corrected chi connectivity index (χ0v) is 18.5. The first kappa shape index (κ1) is 23.3. The third-order valence-corrected chi connectivity index (χ3v) is 5.62. The van der Waals surface area contributed by atoms with Gasteiger partial charge in [-0.25, -0.2) is 4.79 Å². The minimum atomic E-state index is -0.973. The smallest absolute Gasteiger partial charge is 0.407 e. The van der Waals surface area contributed by atoms with Gasteiger partial charge >= 0.3 is 12.1 Å². The molecular weight excluding hydrogens is 408 g/mol. The summed E-state index contributed by atoms with van der Waals surface area (Å²) < 4.78 is 5.57. The van der Waals surface area contributed by atoms with Crippen LogP contribution < -0.4 is 10.6 Å². The van der Waals surface area contributed by atoms with Crippen molar-refractivity contribution in [2.45, 2.75) is 57.5 Å². The number of benzene rings is 2. The van der Waals surface area contributed by atoms with E-state index in [1.165, 1.54) is 0 Å². The second kappa shape index (κ2) is 10.8. The van der Waals surface area contributed by atoms with Crippen LogP contribution in [0.15, 0.2) is 48.5 Å². The zero-order valence-electron chi connectivity index (χ0n) is 18.5. The van der Waals surface area contributed by atoms with Gasteiger partial charge in [0.05, 0.1) is 6.42 Å². The molecule has 0 spiro atoms. The molecule has 0 heterocycles. The molecule has 2 atom stereocenters. The number of amides is 2. The van der Waals surface area contributed by atoms with Gasteiger partial charge < -0.3 is 20.5 Å². The van der Waals surface area contributed by atoms with E-state index in [9.17, 15) is 14.4 Å². The number of fused-ring (bicyclic) bond motifs is 3. The van der Waals surface area contributed by atoms with Gasteiger partial charge in [0, 0.05) is 24.4 Å². The number of hydrogen-bond donors (Lipinski definition) is 3. The number of rotatable bonds is 10. The van der Waals surface area contributed by atoms with Crippen LogP contribution in [0.4, 0.5) is 4.79 Å². The zero-order chi connectivity index (χ0) is 23.1. The van der Waals surface area contributed by atoms with E-state index in [0.29, 0.717) is 6.42 Å². The molecule has 1 aliphatic carbocycles. The molecule has 3 rings (SSSR count). The molecule has 3 N–H and O–H groups in total. The minimum absolute atomic E-state index is 0.0297. The summed E-state index contributed by atoms with van der Waals surface area (Å²) in [6.07, 6.45) is 0.764. The first-order valence-electron chi connectivity index (χ1n) is 11.0. The van der Waals surface area contributed by atoms with Crippen LogP contribution in [0.3, 0.4) is 0 Å². The predicted molar refractivity (Wildman–Crippen MR) is 121 cm³/mol. The van der Waals surface area contributed by atoms with E-state index in [1.807, 2.05) is 31.2 Å². The molecule has 0 saturated carbocycles. The average Bonchev–Trinajstić information content (AvgIpc) is 3.05. The normalized spacial score (nSPS) is 14.1. The number of carboxylic acid groups (broad SMARTS) is 1. The molecule has 0 bridgehead atoms. The highest BCUT2D eigenvalue weighted by Gasteiger charge is 2.29. The fourth-order valence-corrected chi connectivity index (χ4v) is 4.25. The van der Waals surface area contributed by atoms with Crippen LogP contribution in [0.5, 0.6) is 0 Å². The molecule has 2 amide bonds. The highest BCUT2D eigenvalue weighted by Crippen LogP contribution is 2.44. The maximum atomic E-state index is 12.5. The Morgan fingerprint density at radius 3 is 2.12 bits per heavy atom. The predicted octanol–water partition coefficient (Wildman–Crippen LogP) is 4.06. The van der Waals surface area contributed by atoms with Crippen LogP contribution in [-0.4, -0.2) is 41.8 Å². The van der Waals surface area contributed by atoms with Crippen LogP contribution >= 0.6 is 0 Å². The Kier molecular flexibility index (Phi) is 7.87. The molecule has 0 saturated heterocycles. The van der Waals surface area contributed by atoms with Crippen LogP contribution in [0.25, 0.3) is 11.1 Å². The van der Waals surface area contributed by atoms with Gasteiger partial charge in [0.25, 0.3) is 0 Å². The topological polar surface area (TPSA) is 105 Å². The van der Waals surface area contributed by atoms with Gasteiger partial charge in [0.15, 0.2) is 0 Å². The van der Waals surface area contributed by atoms with Gasteiger partial charge in [-0.2, -0.15) is 0 Å². The standard InChI is InChI=1S/C25H30N2O5/c1-3-8-17(14-23(28)26-16(2)13-24(29)30)27-25(31)32-15-22-20-11-6-4-9-18(20)19-10-5-7-12-21(19)22/h4-7,9-12,16-17,22H,3,8,13-15H2,1-2H3,(H,26,28)(H,27,31)(H,29,30)/t16-,17-/m0/s1. The average molecular weight is 439 g/mol. The second-order valence-corrected chi connectivity index (χ2v) is 8.23. The van der Waals surface area contributed by atoms with Gasteiger partial charge in [-0.05, 0) is 35.6 Å². The first-order chi connectivity index (χ1) is 15.4. The van der Waals surface area contributed by atoms with Crippen molar-refractivity contribution in [1.82, 2.24) is 10.6 Å². The van der Waals surface area contributed by atoms with Crippen molar-refractivity contribution >= 4 is 18.0 Å². The maximum absolute atomic E-state index is 12.5. The molecule has 2 aromatic carbocycles. The molecule has 170 valence electrons. The summed E-state index contributed by atoms with van der Waals surface area (Å²) in [6.45, 7) is 3.82. The van der Waals surface area contributed by atoms with Crippen LogP contribution in [0, 0.1) is 0 Å². The Hall–Kier alpha value is -3.35. The second-order valence-electron chi connectivity index (χ2n) is 8.23. The Labute approximate surface area is 188 Å². The van der Waals surface area contributed by atoms with E-state index in [-0.39, 0.29) is 37.3 Å². The number of ether oxygens (including phenoxy) is 1. The molecule has 0 radical (unpaired) electrons. The SMILES string of the molecule is CCC[C@@H](CC(=O)N[C@@H](C)CC(=O)O)NC(=O)OCC1c2ccccc2-c2ccccc21. The Morgan fingerprint density at radius 1 is 0.969 bits per heavy atom. The molecule has 32 heavy (non-hydrogen) atoms. The molecule has 0 aromatic heterocycles. The van der Waals surface area contributed by atoms with Crippen LogP contribution in [-0.2, 0) is 14.3 Å². The Bertz CT molecular complexity index is 929. The summed E-state index contributed by atoms with van der Waals surface area (Å²) in [5.41, 5.74) is 4.60. The Morgan fingerprint density at radius 2 is 1.56 bits per heavy atom. The fourth-order valence-electron chi connectivity index (χ4n) is 4.25. The monoisotopic (exact) mass is 438 g/mol. The summed E-state index contributed by atoms with van der Waals surface area (Å²) >= 11 is 0. The van der Waals surface area contributed by atoms with Crippen molar-refractivity contribution in [3.05, 3.63) is 59.7 Å². The van der Waals surface area contributed by atoms with E-state index >= 15 is 0 Å². The number of carbonyl (C=O) groups is 3. The number of hydrogen-bond acceptors (Lipinski definition) is 4. The number of alkyl carbamates (subject to hydrolysis) is 1. The van der Waals surface area contributed by atoms with E-state index in [1.54, 1.807) is 6.92 Å².